The summed E-state index contributed by atoms with van der Waals surface area (Å²) in [7, 11) is -3.68. The van der Waals surface area contributed by atoms with E-state index in [1.54, 1.807) is 0 Å². The highest BCUT2D eigenvalue weighted by Crippen LogP contribution is 2.35. The second kappa shape index (κ2) is 6.95. The molecule has 2 aromatic carbocycles. The Morgan fingerprint density at radius 1 is 1.11 bits per heavy atom. The summed E-state index contributed by atoms with van der Waals surface area (Å²) in [6.07, 6.45) is 1.43. The highest BCUT2D eigenvalue weighted by molar-refractivity contribution is 7.89. The first kappa shape index (κ1) is 17.4. The topological polar surface area (TPSA) is 103 Å². The van der Waals surface area contributed by atoms with E-state index in [0.717, 1.165) is 12.0 Å². The molecule has 1 fully saturated rings. The zero-order valence-corrected chi connectivity index (χ0v) is 15.2. The zero-order chi connectivity index (χ0) is 18.9. The maximum absolute atomic E-state index is 13.1. The van der Waals surface area contributed by atoms with Crippen molar-refractivity contribution in [1.29, 1.82) is 5.26 Å². The predicted octanol–water partition coefficient (Wildman–Crippen LogP) is 2.87. The van der Waals surface area contributed by atoms with Crippen LogP contribution in [-0.4, -0.2) is 34.4 Å². The number of sulfonamides is 1. The Balaban J connectivity index is 1.64. The molecule has 1 saturated heterocycles. The molecule has 3 aromatic rings. The lowest BCUT2D eigenvalue weighted by Gasteiger charge is -2.22. The Morgan fingerprint density at radius 3 is 2.56 bits per heavy atom. The molecule has 7 nitrogen and oxygen atoms in total. The van der Waals surface area contributed by atoms with Gasteiger partial charge in [-0.25, -0.2) is 13.4 Å². The largest absolute Gasteiger partial charge is 0.261 e. The monoisotopic (exact) mass is 379 g/mol. The highest BCUT2D eigenvalue weighted by atomic mass is 32.2. The molecule has 8 heteroatoms. The minimum atomic E-state index is -3.68. The average Bonchev–Trinajstić information content (AvgIpc) is 3.38. The molecule has 2 heterocycles. The molecular weight excluding hydrogens is 362 g/mol. The van der Waals surface area contributed by atoms with E-state index in [2.05, 4.69) is 15.2 Å². The smallest absolute Gasteiger partial charge is 0.243 e. The van der Waals surface area contributed by atoms with Crippen molar-refractivity contribution in [3.63, 3.8) is 0 Å². The van der Waals surface area contributed by atoms with Gasteiger partial charge in [-0.1, -0.05) is 30.3 Å². The molecule has 0 radical (unpaired) electrons. The summed E-state index contributed by atoms with van der Waals surface area (Å²) in [5.41, 5.74) is 1.30. The molecule has 1 N–H and O–H groups in total. The maximum atomic E-state index is 13.1. The summed E-state index contributed by atoms with van der Waals surface area (Å²) >= 11 is 0. The highest BCUT2D eigenvalue weighted by Gasteiger charge is 2.38. The quantitative estimate of drug-likeness (QED) is 0.751. The van der Waals surface area contributed by atoms with Crippen molar-refractivity contribution in [2.24, 2.45) is 0 Å². The average molecular weight is 379 g/mol. The van der Waals surface area contributed by atoms with Crippen LogP contribution in [0.15, 0.2) is 59.5 Å². The standard InChI is InChI=1S/C19H17N5O2S/c20-13-14-8-10-16(11-9-14)27(25,26)24-12-4-7-17(24)19-21-18(22-23-19)15-5-2-1-3-6-15/h1-3,5-6,8-11,17H,4,7,12H2,(H,21,22,23)/t17-/m0/s1. The van der Waals surface area contributed by atoms with Gasteiger partial charge in [0.2, 0.25) is 10.0 Å². The summed E-state index contributed by atoms with van der Waals surface area (Å²) in [6, 6.07) is 17.1. The number of nitriles is 1. The van der Waals surface area contributed by atoms with Gasteiger partial charge in [-0.3, -0.25) is 5.10 Å². The van der Waals surface area contributed by atoms with Crippen LogP contribution in [0.5, 0.6) is 0 Å². The number of benzene rings is 2. The fourth-order valence-electron chi connectivity index (χ4n) is 3.28. The molecular formula is C19H17N5O2S. The van der Waals surface area contributed by atoms with Gasteiger partial charge in [-0.2, -0.15) is 14.7 Å². The molecule has 0 bridgehead atoms. The summed E-state index contributed by atoms with van der Waals surface area (Å²) in [6.45, 7) is 0.425. The Hall–Kier alpha value is -3.02. The van der Waals surface area contributed by atoms with Crippen LogP contribution in [0, 0.1) is 11.3 Å². The lowest BCUT2D eigenvalue weighted by molar-refractivity contribution is 0.384. The minimum absolute atomic E-state index is 0.177. The molecule has 27 heavy (non-hydrogen) atoms. The van der Waals surface area contributed by atoms with E-state index < -0.39 is 10.0 Å². The van der Waals surface area contributed by atoms with Gasteiger partial charge in [-0.15, -0.1) is 0 Å². The van der Waals surface area contributed by atoms with Gasteiger partial charge in [0.05, 0.1) is 22.6 Å². The third kappa shape index (κ3) is 3.23. The minimum Gasteiger partial charge on any atom is -0.261 e. The van der Waals surface area contributed by atoms with E-state index >= 15 is 0 Å². The van der Waals surface area contributed by atoms with E-state index in [1.165, 1.54) is 28.6 Å². The van der Waals surface area contributed by atoms with Gasteiger partial charge in [0.1, 0.15) is 5.82 Å². The third-order valence-electron chi connectivity index (χ3n) is 4.64. The van der Waals surface area contributed by atoms with Gasteiger partial charge < -0.3 is 0 Å². The second-order valence-corrected chi connectivity index (χ2v) is 8.21. The molecule has 0 aliphatic carbocycles. The first-order valence-electron chi connectivity index (χ1n) is 8.59. The van der Waals surface area contributed by atoms with Crippen molar-refractivity contribution in [3.8, 4) is 17.5 Å². The Kier molecular flexibility index (Phi) is 4.48. The summed E-state index contributed by atoms with van der Waals surface area (Å²) < 4.78 is 27.6. The lowest BCUT2D eigenvalue weighted by atomic mass is 10.2. The van der Waals surface area contributed by atoms with Crippen molar-refractivity contribution in [2.75, 3.05) is 6.54 Å². The number of nitrogens with one attached hydrogen (secondary N) is 1. The molecule has 1 aliphatic heterocycles. The molecule has 0 saturated carbocycles. The van der Waals surface area contributed by atoms with Crippen LogP contribution in [0.2, 0.25) is 0 Å². The number of aromatic nitrogens is 3. The van der Waals surface area contributed by atoms with Crippen LogP contribution in [0.3, 0.4) is 0 Å². The van der Waals surface area contributed by atoms with Crippen LogP contribution in [0.4, 0.5) is 0 Å². The molecule has 0 amide bonds. The summed E-state index contributed by atoms with van der Waals surface area (Å²) in [5, 5.41) is 16.1. The first-order chi connectivity index (χ1) is 13.1. The van der Waals surface area contributed by atoms with E-state index in [4.69, 9.17) is 5.26 Å². The van der Waals surface area contributed by atoms with Gasteiger partial charge in [0.15, 0.2) is 5.82 Å². The fourth-order valence-corrected chi connectivity index (χ4v) is 4.94. The Labute approximate surface area is 157 Å². The van der Waals surface area contributed by atoms with Crippen molar-refractivity contribution in [1.82, 2.24) is 19.5 Å². The molecule has 0 unspecified atom stereocenters. The second-order valence-electron chi connectivity index (χ2n) is 6.32. The molecule has 1 aromatic heterocycles. The van der Waals surface area contributed by atoms with E-state index in [1.807, 2.05) is 36.4 Å². The molecule has 1 atom stereocenters. The summed E-state index contributed by atoms with van der Waals surface area (Å²) in [5.74, 6) is 1.09. The molecule has 4 rings (SSSR count). The van der Waals surface area contributed by atoms with Crippen molar-refractivity contribution in [2.45, 2.75) is 23.8 Å². The van der Waals surface area contributed by atoms with Crippen LogP contribution < -0.4 is 0 Å². The van der Waals surface area contributed by atoms with Gasteiger partial charge in [0.25, 0.3) is 0 Å². The third-order valence-corrected chi connectivity index (χ3v) is 6.57. The van der Waals surface area contributed by atoms with Crippen molar-refractivity contribution in [3.05, 3.63) is 66.0 Å². The normalized spacial score (nSPS) is 17.7. The fraction of sp³-hybridized carbons (Fsp3) is 0.211. The van der Waals surface area contributed by atoms with Crippen LogP contribution in [-0.2, 0) is 10.0 Å². The SMILES string of the molecule is N#Cc1ccc(S(=O)(=O)N2CCC[C@H]2c2nc(-c3ccccc3)n[nH]2)cc1. The van der Waals surface area contributed by atoms with Gasteiger partial charge >= 0.3 is 0 Å². The van der Waals surface area contributed by atoms with Crippen molar-refractivity contribution < 1.29 is 8.42 Å². The van der Waals surface area contributed by atoms with E-state index in [0.29, 0.717) is 30.2 Å². The molecule has 136 valence electrons. The number of aromatic amines is 1. The van der Waals surface area contributed by atoms with E-state index in [-0.39, 0.29) is 10.9 Å². The first-order valence-corrected chi connectivity index (χ1v) is 10.0. The summed E-state index contributed by atoms with van der Waals surface area (Å²) in [4.78, 5) is 4.71. The number of H-pyrrole nitrogens is 1. The van der Waals surface area contributed by atoms with Crippen molar-refractivity contribution >= 4 is 10.0 Å². The maximum Gasteiger partial charge on any atom is 0.243 e. The predicted molar refractivity (Wildman–Crippen MR) is 98.8 cm³/mol. The molecule has 0 spiro atoms. The van der Waals surface area contributed by atoms with Crippen LogP contribution in [0.1, 0.15) is 30.3 Å². The Bertz CT molecular complexity index is 1090. The number of hydrogen-bond acceptors (Lipinski definition) is 5. The van der Waals surface area contributed by atoms with Gasteiger partial charge in [-0.05, 0) is 37.1 Å². The van der Waals surface area contributed by atoms with Crippen LogP contribution in [0.25, 0.3) is 11.4 Å². The number of rotatable bonds is 4. The number of nitrogens with zero attached hydrogens (tertiary/aromatic N) is 4. The number of hydrogen-bond donors (Lipinski definition) is 1. The lowest BCUT2D eigenvalue weighted by Crippen LogP contribution is -2.31. The van der Waals surface area contributed by atoms with Crippen LogP contribution >= 0.6 is 0 Å². The molecule has 1 aliphatic rings. The van der Waals surface area contributed by atoms with E-state index in [9.17, 15) is 8.42 Å². The van der Waals surface area contributed by atoms with Gasteiger partial charge in [0, 0.05) is 12.1 Å². The zero-order valence-electron chi connectivity index (χ0n) is 14.4. The Morgan fingerprint density at radius 2 is 1.85 bits per heavy atom.